The van der Waals surface area contributed by atoms with Crippen molar-refractivity contribution >= 4 is 41.4 Å². The van der Waals surface area contributed by atoms with Crippen molar-refractivity contribution in [2.75, 3.05) is 0 Å². The van der Waals surface area contributed by atoms with Gasteiger partial charge in [-0.2, -0.15) is 0 Å². The van der Waals surface area contributed by atoms with E-state index in [0.717, 1.165) is 18.3 Å². The van der Waals surface area contributed by atoms with Crippen LogP contribution in [-0.2, 0) is 17.7 Å². The minimum absolute atomic E-state index is 0. The largest absolute Gasteiger partial charge is 0.503 e. The number of carbonyl (C=O) groups excluding carboxylic acids is 2. The molecule has 1 saturated heterocycles. The first-order valence-corrected chi connectivity index (χ1v) is 10.3. The van der Waals surface area contributed by atoms with Crippen LogP contribution in [0.3, 0.4) is 0 Å². The Balaban J connectivity index is 0.00000306. The molecule has 0 spiro atoms. The predicted octanol–water partition coefficient (Wildman–Crippen LogP) is 1.39. The Bertz CT molecular complexity index is 1170. The fourth-order valence-electron chi connectivity index (χ4n) is 4.56. The number of primary amides is 1. The van der Waals surface area contributed by atoms with E-state index in [2.05, 4.69) is 0 Å². The molecule has 8 nitrogen and oxygen atoms in total. The Morgan fingerprint density at radius 1 is 1.33 bits per heavy atom. The van der Waals surface area contributed by atoms with Crippen LogP contribution in [0.2, 0.25) is 0 Å². The number of ether oxygens (including phenoxy) is 1. The molecule has 1 aromatic carbocycles. The van der Waals surface area contributed by atoms with Gasteiger partial charge in [0, 0.05) is 48.2 Å². The summed E-state index contributed by atoms with van der Waals surface area (Å²) < 4.78 is 35.0. The maximum Gasteiger partial charge on any atom is 0.276 e. The number of aromatic nitrogens is 1. The molecule has 1 fully saturated rings. The topological polar surface area (TPSA) is 115 Å². The number of halogens is 2. The quantitative estimate of drug-likeness (QED) is 0.641. The number of hydrogen-bond acceptors (Lipinski definition) is 5. The van der Waals surface area contributed by atoms with Crippen molar-refractivity contribution in [3.8, 4) is 5.75 Å². The molecule has 3 N–H and O–H groups in total. The smallest absolute Gasteiger partial charge is 0.276 e. The van der Waals surface area contributed by atoms with Crippen LogP contribution in [0.1, 0.15) is 46.7 Å². The van der Waals surface area contributed by atoms with Crippen molar-refractivity contribution in [3.63, 3.8) is 0 Å². The average Bonchev–Trinajstić information content (AvgIpc) is 3.10. The van der Waals surface area contributed by atoms with E-state index < -0.39 is 58.6 Å². The Kier molecular flexibility index (Phi) is 7.33. The van der Waals surface area contributed by atoms with Gasteiger partial charge >= 0.3 is 0 Å². The molecule has 4 atom stereocenters. The zero-order valence-corrected chi connectivity index (χ0v) is 20.5. The number of hydrogen-bond donors (Lipinski definition) is 2. The number of benzene rings is 1. The van der Waals surface area contributed by atoms with Gasteiger partial charge in [-0.05, 0) is 17.5 Å². The van der Waals surface area contributed by atoms with E-state index in [9.17, 15) is 28.3 Å². The van der Waals surface area contributed by atoms with Crippen molar-refractivity contribution in [1.82, 2.24) is 9.47 Å². The van der Waals surface area contributed by atoms with Crippen molar-refractivity contribution in [2.45, 2.75) is 51.6 Å². The number of nitrogens with two attached hydrogens (primary N) is 1. The number of carbonyl (C=O) groups is 2. The molecular weight excluding hydrogens is 447 g/mol. The Hall–Kier alpha value is -2.27. The van der Waals surface area contributed by atoms with Crippen molar-refractivity contribution in [3.05, 3.63) is 63.1 Å². The average molecular weight is 470 g/mol. The summed E-state index contributed by atoms with van der Waals surface area (Å²) in [7, 11) is 0. The van der Waals surface area contributed by atoms with Crippen LogP contribution in [0, 0.1) is 17.6 Å². The van der Waals surface area contributed by atoms with Crippen LogP contribution in [0.5, 0.6) is 5.75 Å². The van der Waals surface area contributed by atoms with Crippen LogP contribution in [0.4, 0.5) is 8.78 Å². The fourth-order valence-corrected chi connectivity index (χ4v) is 4.56. The van der Waals surface area contributed by atoms with E-state index in [4.69, 9.17) is 10.5 Å². The molecule has 4 rings (SSSR count). The molecule has 3 heterocycles. The Morgan fingerprint density at radius 2 is 2.03 bits per heavy atom. The van der Waals surface area contributed by atoms with Gasteiger partial charge in [0.25, 0.3) is 11.8 Å². The molecule has 0 aliphatic carbocycles. The van der Waals surface area contributed by atoms with E-state index in [0.29, 0.717) is 6.42 Å². The maximum absolute atomic E-state index is 14.3. The number of fused-ring (bicyclic) bond motifs is 2. The van der Waals surface area contributed by atoms with Gasteiger partial charge in [0.15, 0.2) is 17.7 Å². The summed E-state index contributed by atoms with van der Waals surface area (Å²) in [4.78, 5) is 38.7. The number of rotatable bonds is 5. The van der Waals surface area contributed by atoms with Crippen LogP contribution in [0.25, 0.3) is 0 Å². The Labute approximate surface area is 210 Å². The molecule has 33 heavy (non-hydrogen) atoms. The first-order chi connectivity index (χ1) is 15.1. The predicted molar refractivity (Wildman–Crippen MR) is 115 cm³/mol. The van der Waals surface area contributed by atoms with Crippen LogP contribution >= 0.6 is 0 Å². The van der Waals surface area contributed by atoms with Gasteiger partial charge in [0.2, 0.25) is 5.43 Å². The Morgan fingerprint density at radius 3 is 2.64 bits per heavy atom. The zero-order chi connectivity index (χ0) is 23.3. The second kappa shape index (κ2) is 9.54. The number of amides is 2. The summed E-state index contributed by atoms with van der Waals surface area (Å²) >= 11 is 0. The summed E-state index contributed by atoms with van der Waals surface area (Å²) in [6.45, 7) is 3.91. The third kappa shape index (κ3) is 4.32. The molecule has 2 aromatic rings. The zero-order valence-electron chi connectivity index (χ0n) is 18.5. The number of aromatic hydroxyl groups is 1. The van der Waals surface area contributed by atoms with E-state index >= 15 is 0 Å². The molecule has 1 aromatic heterocycles. The van der Waals surface area contributed by atoms with Gasteiger partial charge in [-0.3, -0.25) is 14.4 Å². The molecular formula is C22H23F2N3NaO5. The molecule has 2 amide bonds. The van der Waals surface area contributed by atoms with Gasteiger partial charge in [0.1, 0.15) is 17.2 Å². The molecule has 2 aliphatic rings. The minimum Gasteiger partial charge on any atom is -0.503 e. The number of nitrogens with zero attached hydrogens (tertiary/aromatic N) is 2. The maximum atomic E-state index is 14.3. The van der Waals surface area contributed by atoms with E-state index in [1.165, 1.54) is 15.5 Å². The molecule has 0 bridgehead atoms. The van der Waals surface area contributed by atoms with Gasteiger partial charge in [-0.1, -0.05) is 26.3 Å². The molecule has 2 aliphatic heterocycles. The minimum atomic E-state index is -1.02. The number of pyridine rings is 1. The molecule has 1 radical (unpaired) electrons. The standard InChI is InChI=1S/C22H23F2N3O5.Na/c1-3-10(2)17-15(6-11-4-5-12(23)7-14(11)24)32-16-9-26-8-13(21(25)30)19(28)20(29)18(26)22(31)27(16)17;/h4-5,7-8,10,15-17,29H,3,6,9H2,1-2H3,(H2,25,30);/t10-,15?,16+,17-;/m0./s1. The van der Waals surface area contributed by atoms with Gasteiger partial charge in [-0.25, -0.2) is 8.78 Å². The first-order valence-electron chi connectivity index (χ1n) is 10.3. The van der Waals surface area contributed by atoms with Crippen molar-refractivity contribution < 1.29 is 28.2 Å². The van der Waals surface area contributed by atoms with Crippen molar-refractivity contribution in [1.29, 1.82) is 0 Å². The summed E-state index contributed by atoms with van der Waals surface area (Å²) in [5, 5.41) is 10.4. The second-order valence-electron chi connectivity index (χ2n) is 8.24. The van der Waals surface area contributed by atoms with E-state index in [1.807, 2.05) is 13.8 Å². The fraction of sp³-hybridized carbons (Fsp3) is 0.409. The third-order valence-corrected chi connectivity index (χ3v) is 6.32. The van der Waals surface area contributed by atoms with Crippen LogP contribution in [-0.4, -0.2) is 74.3 Å². The van der Waals surface area contributed by atoms with Crippen molar-refractivity contribution in [2.24, 2.45) is 11.7 Å². The third-order valence-electron chi connectivity index (χ3n) is 6.32. The van der Waals surface area contributed by atoms with E-state index in [1.54, 1.807) is 0 Å². The van der Waals surface area contributed by atoms with Gasteiger partial charge < -0.3 is 25.0 Å². The van der Waals surface area contributed by atoms with E-state index in [-0.39, 0.29) is 59.7 Å². The molecule has 1 unspecified atom stereocenters. The first kappa shape index (κ1) is 25.4. The molecule has 0 saturated carbocycles. The summed E-state index contributed by atoms with van der Waals surface area (Å²) in [6.07, 6.45) is 0.576. The van der Waals surface area contributed by atoms with Crippen LogP contribution in [0.15, 0.2) is 29.2 Å². The molecule has 171 valence electrons. The van der Waals surface area contributed by atoms with Gasteiger partial charge in [-0.15, -0.1) is 0 Å². The SMILES string of the molecule is CC[C@H](C)[C@H]1C(Cc2ccc(F)cc2F)O[C@@H]2Cn3cc(C(N)=O)c(=O)c(O)c3C(=O)N12.[Na]. The van der Waals surface area contributed by atoms with Crippen LogP contribution < -0.4 is 11.2 Å². The van der Waals surface area contributed by atoms with Gasteiger partial charge in [0.05, 0.1) is 18.7 Å². The summed E-state index contributed by atoms with van der Waals surface area (Å²) in [5.74, 6) is -3.94. The second-order valence-corrected chi connectivity index (χ2v) is 8.24. The normalized spacial score (nSPS) is 22.4. The summed E-state index contributed by atoms with van der Waals surface area (Å²) in [6, 6.07) is 2.83. The molecule has 11 heteroatoms. The summed E-state index contributed by atoms with van der Waals surface area (Å²) in [5.41, 5.74) is 3.77. The monoisotopic (exact) mass is 470 g/mol.